The Hall–Kier alpha value is -3.89. The van der Waals surface area contributed by atoms with Crippen LogP contribution in [-0.4, -0.2) is 10.5 Å². The highest BCUT2D eigenvalue weighted by atomic mass is 32.1. The molecule has 0 saturated carbocycles. The van der Waals surface area contributed by atoms with Gasteiger partial charge in [0.15, 0.2) is 0 Å². The van der Waals surface area contributed by atoms with Crippen molar-refractivity contribution in [1.29, 1.82) is 0 Å². The number of rotatable bonds is 4. The standard InChI is InChI=1S/C29H21N2OS/c1-18-11-12-20(22-7-3-2-6-21(18)22)17-31-25-9-4-8-24(29(30)32)28(25)23-14-13-19(16-26(23)31)27-10-5-15-33-27/h2-13,15-16H,17H2,1H3,(H2,30,32). The van der Waals surface area contributed by atoms with Gasteiger partial charge in [-0.2, -0.15) is 0 Å². The number of benzene rings is 4. The van der Waals surface area contributed by atoms with E-state index in [4.69, 9.17) is 5.73 Å². The summed E-state index contributed by atoms with van der Waals surface area (Å²) in [5.41, 5.74) is 12.0. The van der Waals surface area contributed by atoms with Crippen LogP contribution in [0.4, 0.5) is 0 Å². The van der Waals surface area contributed by atoms with Crippen LogP contribution in [0.25, 0.3) is 43.0 Å². The van der Waals surface area contributed by atoms with E-state index in [1.807, 2.05) is 12.1 Å². The zero-order chi connectivity index (χ0) is 22.5. The Morgan fingerprint density at radius 1 is 0.970 bits per heavy atom. The average Bonchev–Trinajstić information content (AvgIpc) is 3.48. The Bertz CT molecular complexity index is 1680. The molecule has 6 rings (SSSR count). The summed E-state index contributed by atoms with van der Waals surface area (Å²) in [6.07, 6.45) is 0. The van der Waals surface area contributed by atoms with Crippen LogP contribution in [0.5, 0.6) is 0 Å². The molecule has 2 aromatic heterocycles. The number of aryl methyl sites for hydroxylation is 1. The van der Waals surface area contributed by atoms with Crippen molar-refractivity contribution in [3.8, 4) is 10.4 Å². The molecule has 1 amide bonds. The number of hydrogen-bond donors (Lipinski definition) is 1. The molecule has 0 bridgehead atoms. The van der Waals surface area contributed by atoms with Crippen molar-refractivity contribution >= 4 is 49.8 Å². The first kappa shape index (κ1) is 19.8. The minimum Gasteiger partial charge on any atom is -0.366 e. The molecule has 0 fully saturated rings. The number of hydrogen-bond acceptors (Lipinski definition) is 2. The molecular weight excluding hydrogens is 424 g/mol. The van der Waals surface area contributed by atoms with Crippen molar-refractivity contribution in [3.05, 3.63) is 107 Å². The van der Waals surface area contributed by atoms with Crippen LogP contribution < -0.4 is 5.73 Å². The number of nitrogens with two attached hydrogens (primary N) is 1. The van der Waals surface area contributed by atoms with E-state index in [2.05, 4.69) is 83.6 Å². The third-order valence-corrected chi connectivity index (χ3v) is 7.35. The minimum atomic E-state index is -0.420. The van der Waals surface area contributed by atoms with Gasteiger partial charge in [-0.3, -0.25) is 4.79 Å². The summed E-state index contributed by atoms with van der Waals surface area (Å²) in [6, 6.07) is 30.6. The zero-order valence-corrected chi connectivity index (χ0v) is 18.9. The lowest BCUT2D eigenvalue weighted by molar-refractivity contribution is 0.100. The fourth-order valence-corrected chi connectivity index (χ4v) is 5.55. The molecule has 0 spiro atoms. The SMILES string of the molecule is Cc1ccc(Cn2c3cc(-c4cccs4)c[c]c3c3c(C(N)=O)cccc32)c2ccccc12. The lowest BCUT2D eigenvalue weighted by Crippen LogP contribution is -2.11. The van der Waals surface area contributed by atoms with Gasteiger partial charge in [0.05, 0.1) is 11.0 Å². The summed E-state index contributed by atoms with van der Waals surface area (Å²) in [4.78, 5) is 13.5. The van der Waals surface area contributed by atoms with Crippen LogP contribution in [0.3, 0.4) is 0 Å². The molecule has 159 valence electrons. The normalized spacial score (nSPS) is 11.5. The summed E-state index contributed by atoms with van der Waals surface area (Å²) < 4.78 is 2.29. The number of carbonyl (C=O) groups excluding carboxylic acids is 1. The van der Waals surface area contributed by atoms with Crippen molar-refractivity contribution in [3.63, 3.8) is 0 Å². The molecule has 0 unspecified atom stereocenters. The van der Waals surface area contributed by atoms with Gasteiger partial charge >= 0.3 is 0 Å². The van der Waals surface area contributed by atoms with Gasteiger partial charge in [0, 0.05) is 27.8 Å². The van der Waals surface area contributed by atoms with Crippen LogP contribution >= 0.6 is 11.3 Å². The highest BCUT2D eigenvalue weighted by Gasteiger charge is 2.18. The van der Waals surface area contributed by atoms with Crippen molar-refractivity contribution in [2.45, 2.75) is 13.5 Å². The lowest BCUT2D eigenvalue weighted by Gasteiger charge is -2.13. The average molecular weight is 446 g/mol. The molecule has 4 aromatic carbocycles. The molecule has 4 heteroatoms. The smallest absolute Gasteiger partial charge is 0.249 e. The summed E-state index contributed by atoms with van der Waals surface area (Å²) in [5, 5.41) is 6.39. The van der Waals surface area contributed by atoms with E-state index < -0.39 is 5.91 Å². The molecule has 0 saturated heterocycles. The predicted molar refractivity (Wildman–Crippen MR) is 138 cm³/mol. The fraction of sp³-hybridized carbons (Fsp3) is 0.0690. The van der Waals surface area contributed by atoms with Gasteiger partial charge in [0.1, 0.15) is 0 Å². The molecule has 2 heterocycles. The fourth-order valence-electron chi connectivity index (χ4n) is 4.84. The molecule has 0 atom stereocenters. The van der Waals surface area contributed by atoms with E-state index in [1.54, 1.807) is 17.4 Å². The maximum atomic E-state index is 12.3. The third kappa shape index (κ3) is 3.14. The molecule has 0 aliphatic heterocycles. The number of fused-ring (bicyclic) bond motifs is 4. The third-order valence-electron chi connectivity index (χ3n) is 6.43. The van der Waals surface area contributed by atoms with E-state index in [0.717, 1.165) is 27.4 Å². The largest absolute Gasteiger partial charge is 0.366 e. The molecule has 2 N–H and O–H groups in total. The zero-order valence-electron chi connectivity index (χ0n) is 18.1. The van der Waals surface area contributed by atoms with Crippen LogP contribution in [0.15, 0.2) is 84.2 Å². The van der Waals surface area contributed by atoms with Crippen LogP contribution in [-0.2, 0) is 6.54 Å². The van der Waals surface area contributed by atoms with Gasteiger partial charge in [0.25, 0.3) is 0 Å². The summed E-state index contributed by atoms with van der Waals surface area (Å²) in [7, 11) is 0. The molecule has 1 radical (unpaired) electrons. The number of thiophene rings is 1. The van der Waals surface area contributed by atoms with Crippen molar-refractivity contribution in [1.82, 2.24) is 4.57 Å². The minimum absolute atomic E-state index is 0.420. The second-order valence-corrected chi connectivity index (χ2v) is 9.31. The Balaban J connectivity index is 1.66. The van der Waals surface area contributed by atoms with Crippen molar-refractivity contribution in [2.24, 2.45) is 5.73 Å². The number of aromatic nitrogens is 1. The van der Waals surface area contributed by atoms with Gasteiger partial charge in [-0.25, -0.2) is 0 Å². The Kier molecular flexibility index (Phi) is 4.56. The van der Waals surface area contributed by atoms with Crippen LogP contribution in [0.1, 0.15) is 21.5 Å². The first-order valence-electron chi connectivity index (χ1n) is 10.9. The Morgan fingerprint density at radius 2 is 1.82 bits per heavy atom. The molecule has 3 nitrogen and oxygen atoms in total. The van der Waals surface area contributed by atoms with Gasteiger partial charge in [0.2, 0.25) is 5.91 Å². The monoisotopic (exact) mass is 445 g/mol. The number of amides is 1. The second-order valence-electron chi connectivity index (χ2n) is 8.36. The van der Waals surface area contributed by atoms with Crippen molar-refractivity contribution < 1.29 is 4.79 Å². The van der Waals surface area contributed by atoms with Gasteiger partial charge < -0.3 is 10.3 Å². The Labute approximate surface area is 195 Å². The highest BCUT2D eigenvalue weighted by molar-refractivity contribution is 7.13. The van der Waals surface area contributed by atoms with Crippen molar-refractivity contribution in [2.75, 3.05) is 0 Å². The van der Waals surface area contributed by atoms with E-state index in [9.17, 15) is 4.79 Å². The van der Waals surface area contributed by atoms with Gasteiger partial charge in [-0.15, -0.1) is 11.3 Å². The predicted octanol–water partition coefficient (Wildman–Crippen LogP) is 6.93. The second kappa shape index (κ2) is 7.61. The Morgan fingerprint density at radius 3 is 2.61 bits per heavy atom. The first-order chi connectivity index (χ1) is 16.1. The molecule has 6 aromatic rings. The van der Waals surface area contributed by atoms with Gasteiger partial charge in [-0.1, -0.05) is 48.5 Å². The number of nitrogens with zero attached hydrogens (tertiary/aromatic N) is 1. The van der Waals surface area contributed by atoms with Crippen LogP contribution in [0, 0.1) is 13.0 Å². The molecule has 33 heavy (non-hydrogen) atoms. The van der Waals surface area contributed by atoms with E-state index >= 15 is 0 Å². The highest BCUT2D eigenvalue weighted by Crippen LogP contribution is 2.36. The van der Waals surface area contributed by atoms with E-state index in [0.29, 0.717) is 12.1 Å². The van der Waals surface area contributed by atoms with E-state index in [-0.39, 0.29) is 0 Å². The number of carbonyl (C=O) groups is 1. The quantitative estimate of drug-likeness (QED) is 0.314. The molecule has 0 aliphatic carbocycles. The maximum Gasteiger partial charge on any atom is 0.249 e. The first-order valence-corrected chi connectivity index (χ1v) is 11.8. The topological polar surface area (TPSA) is 48.0 Å². The summed E-state index contributed by atoms with van der Waals surface area (Å²) in [6.45, 7) is 2.83. The number of primary amides is 1. The summed E-state index contributed by atoms with van der Waals surface area (Å²) >= 11 is 1.71. The molecular formula is C29H21N2OS. The summed E-state index contributed by atoms with van der Waals surface area (Å²) in [5.74, 6) is -0.420. The molecule has 0 aliphatic rings. The maximum absolute atomic E-state index is 12.3. The van der Waals surface area contributed by atoms with Gasteiger partial charge in [-0.05, 0) is 76.2 Å². The lowest BCUT2D eigenvalue weighted by atomic mass is 10.0. The van der Waals surface area contributed by atoms with E-state index in [1.165, 1.54) is 26.8 Å². The van der Waals surface area contributed by atoms with Crippen LogP contribution in [0.2, 0.25) is 0 Å².